The lowest BCUT2D eigenvalue weighted by molar-refractivity contribution is -0.121. The van der Waals surface area contributed by atoms with Crippen molar-refractivity contribution in [3.63, 3.8) is 0 Å². The van der Waals surface area contributed by atoms with Gasteiger partial charge in [-0.2, -0.15) is 13.2 Å². The van der Waals surface area contributed by atoms with Gasteiger partial charge in [-0.05, 0) is 23.8 Å². The van der Waals surface area contributed by atoms with Crippen LogP contribution in [0.3, 0.4) is 0 Å². The number of ether oxygens (including phenoxy) is 1. The van der Waals surface area contributed by atoms with Gasteiger partial charge in [0.15, 0.2) is 5.69 Å². The van der Waals surface area contributed by atoms with Gasteiger partial charge in [0.2, 0.25) is 21.6 Å². The molecule has 2 atom stereocenters. The number of quaternary nitrogens is 1. The molecular formula is C23H21F3N5O4S+. The maximum atomic E-state index is 13.5. The second-order valence-electron chi connectivity index (χ2n) is 8.07. The minimum atomic E-state index is -4.71. The summed E-state index contributed by atoms with van der Waals surface area (Å²) in [7, 11) is -2.78. The first-order valence-corrected chi connectivity index (χ1v) is 11.9. The third kappa shape index (κ3) is 4.21. The Bertz CT molecular complexity index is 1450. The molecule has 2 heterocycles. The number of rotatable bonds is 5. The molecule has 2 aliphatic rings. The van der Waals surface area contributed by atoms with Gasteiger partial charge >= 0.3 is 6.18 Å². The molecule has 4 N–H and O–H groups in total. The van der Waals surface area contributed by atoms with Gasteiger partial charge in [0.25, 0.3) is 5.84 Å². The number of aliphatic imine (C=N–C) groups is 1. The fraction of sp³-hybridized carbons (Fsp3) is 0.174. The smallest absolute Gasteiger partial charge is 0.438 e. The number of sulfonamides is 1. The minimum Gasteiger partial charge on any atom is -0.497 e. The second-order valence-corrected chi connectivity index (χ2v) is 9.60. The normalized spacial score (nSPS) is 23.8. The third-order valence-electron chi connectivity index (χ3n) is 5.94. The summed E-state index contributed by atoms with van der Waals surface area (Å²) in [6, 6.07) is 11.8. The number of benzene rings is 2. The Balaban J connectivity index is 1.86. The molecule has 2 aromatic rings. The van der Waals surface area contributed by atoms with E-state index in [-0.39, 0.29) is 22.8 Å². The van der Waals surface area contributed by atoms with Crippen LogP contribution in [0.25, 0.3) is 0 Å². The molecular weight excluding hydrogens is 499 g/mol. The van der Waals surface area contributed by atoms with Crippen molar-refractivity contribution in [1.82, 2.24) is 4.59 Å². The zero-order valence-electron chi connectivity index (χ0n) is 18.8. The van der Waals surface area contributed by atoms with Crippen molar-refractivity contribution in [2.45, 2.75) is 16.5 Å². The Kier molecular flexibility index (Phi) is 6.11. The van der Waals surface area contributed by atoms with Gasteiger partial charge in [0.1, 0.15) is 17.4 Å². The summed E-state index contributed by atoms with van der Waals surface area (Å²) in [6.45, 7) is -0.387. The van der Waals surface area contributed by atoms with Crippen LogP contribution in [0.15, 0.2) is 87.9 Å². The van der Waals surface area contributed by atoms with Crippen LogP contribution in [-0.2, 0) is 20.2 Å². The van der Waals surface area contributed by atoms with Crippen molar-refractivity contribution < 1.29 is 31.1 Å². The van der Waals surface area contributed by atoms with E-state index in [1.165, 1.54) is 61.9 Å². The van der Waals surface area contributed by atoms with Crippen molar-refractivity contribution in [2.24, 2.45) is 21.0 Å². The molecule has 0 saturated heterocycles. The van der Waals surface area contributed by atoms with Crippen LogP contribution >= 0.6 is 0 Å². The Morgan fingerprint density at radius 3 is 2.28 bits per heavy atom. The lowest BCUT2D eigenvalue weighted by atomic mass is 9.78. The highest BCUT2D eigenvalue weighted by molar-refractivity contribution is 7.89. The molecule has 0 spiro atoms. The summed E-state index contributed by atoms with van der Waals surface area (Å²) >= 11 is 0. The number of hydrogen-bond acceptors (Lipinski definition) is 6. The largest absolute Gasteiger partial charge is 0.497 e. The number of primary amides is 1. The first-order chi connectivity index (χ1) is 16.8. The average molecular weight is 521 g/mol. The summed E-state index contributed by atoms with van der Waals surface area (Å²) in [4.78, 5) is 16.7. The lowest BCUT2D eigenvalue weighted by Crippen LogP contribution is -2.49. The third-order valence-corrected chi connectivity index (χ3v) is 6.91. The van der Waals surface area contributed by atoms with Gasteiger partial charge in [-0.3, -0.25) is 4.79 Å². The summed E-state index contributed by atoms with van der Waals surface area (Å²) in [5.74, 6) is -0.390. The zero-order valence-corrected chi connectivity index (χ0v) is 19.6. The van der Waals surface area contributed by atoms with Crippen LogP contribution in [0.5, 0.6) is 5.75 Å². The fourth-order valence-electron chi connectivity index (χ4n) is 4.08. The SMILES string of the molecule is COc1ccc([N+]2(C3=NCC(C(N)=O)(c4ccccc4S(N)(=O)=O)C=C3)C=CC(C(F)(F)F)=N2)cc1. The number of amidine groups is 1. The fourth-order valence-corrected chi connectivity index (χ4v) is 4.90. The molecule has 0 aromatic heterocycles. The lowest BCUT2D eigenvalue weighted by Gasteiger charge is -2.32. The molecule has 13 heteroatoms. The van der Waals surface area contributed by atoms with Crippen LogP contribution in [0, 0.1) is 0 Å². The highest BCUT2D eigenvalue weighted by Crippen LogP contribution is 2.38. The Labute approximate surface area is 204 Å². The Morgan fingerprint density at radius 1 is 1.11 bits per heavy atom. The van der Waals surface area contributed by atoms with Crippen LogP contribution in [-0.4, -0.2) is 45.7 Å². The van der Waals surface area contributed by atoms with Gasteiger partial charge in [-0.25, -0.2) is 18.5 Å². The standard InChI is InChI=1S/C23H20F3N5O4S/c1-35-16-8-6-15(7-9-16)31(13-11-19(30-31)23(24,25)26)20-10-12-22(14-29-20,21(27)32)17-4-2-3-5-18(17)36(28,33)34/h2-13H,14H2,1H3,(H3-,27,28,32,33,34)/p+1. The minimum absolute atomic E-state index is 0.00601. The summed E-state index contributed by atoms with van der Waals surface area (Å²) in [6.07, 6.45) is -0.0325. The van der Waals surface area contributed by atoms with Crippen LogP contribution < -0.4 is 20.2 Å². The van der Waals surface area contributed by atoms with Crippen molar-refractivity contribution in [3.8, 4) is 5.75 Å². The molecule has 2 aliphatic heterocycles. The number of carbonyl (C=O) groups excluding carboxylic acids is 1. The number of primary sulfonamides is 1. The van der Waals surface area contributed by atoms with E-state index in [4.69, 9.17) is 15.6 Å². The van der Waals surface area contributed by atoms with E-state index in [1.807, 2.05) is 0 Å². The number of carbonyl (C=O) groups is 1. The summed E-state index contributed by atoms with van der Waals surface area (Å²) in [5.41, 5.74) is 3.18. The monoisotopic (exact) mass is 520 g/mol. The summed E-state index contributed by atoms with van der Waals surface area (Å²) in [5, 5.41) is 9.27. The van der Waals surface area contributed by atoms with Gasteiger partial charge in [-0.15, -0.1) is 0 Å². The number of nitrogens with two attached hydrogens (primary N) is 2. The summed E-state index contributed by atoms with van der Waals surface area (Å²) < 4.78 is 69.2. The number of nitrogens with zero attached hydrogens (tertiary/aromatic N) is 3. The van der Waals surface area contributed by atoms with E-state index in [2.05, 4.69) is 10.1 Å². The molecule has 2 unspecified atom stereocenters. The topological polar surface area (TPSA) is 137 Å². The van der Waals surface area contributed by atoms with Crippen LogP contribution in [0.2, 0.25) is 0 Å². The number of methoxy groups -OCH3 is 1. The van der Waals surface area contributed by atoms with Gasteiger partial charge in [0, 0.05) is 24.3 Å². The molecule has 2 aromatic carbocycles. The molecule has 0 aliphatic carbocycles. The number of alkyl halides is 3. The predicted octanol–water partition coefficient (Wildman–Crippen LogP) is 2.49. The first kappa shape index (κ1) is 25.3. The van der Waals surface area contributed by atoms with Crippen molar-refractivity contribution >= 4 is 33.2 Å². The van der Waals surface area contributed by atoms with Crippen LogP contribution in [0.1, 0.15) is 5.56 Å². The quantitative estimate of drug-likeness (QED) is 0.585. The number of hydrogen-bond donors (Lipinski definition) is 2. The number of amides is 1. The van der Waals surface area contributed by atoms with E-state index < -0.39 is 37.8 Å². The zero-order chi connectivity index (χ0) is 26.4. The number of allylic oxidation sites excluding steroid dienone is 1. The highest BCUT2D eigenvalue weighted by atomic mass is 32.2. The van der Waals surface area contributed by atoms with Gasteiger partial charge < -0.3 is 10.5 Å². The molecule has 36 heavy (non-hydrogen) atoms. The van der Waals surface area contributed by atoms with E-state index >= 15 is 0 Å². The van der Waals surface area contributed by atoms with Crippen LogP contribution in [0.4, 0.5) is 18.9 Å². The molecule has 0 saturated carbocycles. The number of dihydropyridines is 1. The first-order valence-electron chi connectivity index (χ1n) is 10.4. The highest BCUT2D eigenvalue weighted by Gasteiger charge is 2.49. The molecule has 0 bridgehead atoms. The molecule has 188 valence electrons. The Hall–Kier alpha value is -3.81. The van der Waals surface area contributed by atoms with Gasteiger partial charge in [-0.1, -0.05) is 34.0 Å². The maximum Gasteiger partial charge on any atom is 0.438 e. The van der Waals surface area contributed by atoms with E-state index in [1.54, 1.807) is 12.1 Å². The predicted molar refractivity (Wildman–Crippen MR) is 128 cm³/mol. The number of halogens is 3. The van der Waals surface area contributed by atoms with Crippen molar-refractivity contribution in [2.75, 3.05) is 13.7 Å². The Morgan fingerprint density at radius 2 is 1.78 bits per heavy atom. The van der Waals surface area contributed by atoms with Crippen molar-refractivity contribution in [1.29, 1.82) is 0 Å². The van der Waals surface area contributed by atoms with Crippen molar-refractivity contribution in [3.05, 3.63) is 78.5 Å². The average Bonchev–Trinajstić information content (AvgIpc) is 3.31. The molecule has 0 fully saturated rings. The van der Waals surface area contributed by atoms with E-state index in [9.17, 15) is 26.4 Å². The molecule has 1 amide bonds. The maximum absolute atomic E-state index is 13.5. The van der Waals surface area contributed by atoms with Gasteiger partial charge in [0.05, 0.1) is 18.6 Å². The second kappa shape index (κ2) is 8.69. The molecule has 9 nitrogen and oxygen atoms in total. The van der Waals surface area contributed by atoms with E-state index in [0.29, 0.717) is 11.4 Å². The molecule has 0 radical (unpaired) electrons. The van der Waals surface area contributed by atoms with E-state index in [0.717, 1.165) is 6.08 Å². The molecule has 4 rings (SSSR count).